The SMILES string of the molecule is C=C1C(=O)O[C@H]2CC(=C)[C@H]3CC[C@@](C)(O)[C@@H]3[C@@H](O)[C@H]12. The van der Waals surface area contributed by atoms with Crippen LogP contribution in [0.2, 0.25) is 0 Å². The second kappa shape index (κ2) is 3.93. The first-order valence-corrected chi connectivity index (χ1v) is 6.81. The molecule has 2 aliphatic carbocycles. The molecule has 4 heteroatoms. The van der Waals surface area contributed by atoms with E-state index in [2.05, 4.69) is 13.2 Å². The van der Waals surface area contributed by atoms with Crippen molar-refractivity contribution in [2.24, 2.45) is 17.8 Å². The Kier molecular flexibility index (Phi) is 2.67. The maximum absolute atomic E-state index is 11.6. The van der Waals surface area contributed by atoms with Crippen molar-refractivity contribution < 1.29 is 19.7 Å². The Labute approximate surface area is 112 Å². The second-order valence-corrected chi connectivity index (χ2v) is 6.38. The van der Waals surface area contributed by atoms with E-state index in [1.165, 1.54) is 0 Å². The summed E-state index contributed by atoms with van der Waals surface area (Å²) < 4.78 is 5.29. The zero-order valence-electron chi connectivity index (χ0n) is 11.1. The Morgan fingerprint density at radius 1 is 1.42 bits per heavy atom. The quantitative estimate of drug-likeness (QED) is 0.392. The highest BCUT2D eigenvalue weighted by Crippen LogP contribution is 2.52. The number of hydrogen-bond acceptors (Lipinski definition) is 4. The molecule has 3 aliphatic rings. The number of esters is 1. The number of aliphatic hydroxyl groups excluding tert-OH is 1. The van der Waals surface area contributed by atoms with Crippen molar-refractivity contribution in [3.8, 4) is 0 Å². The number of hydrogen-bond donors (Lipinski definition) is 2. The van der Waals surface area contributed by atoms with E-state index in [-0.39, 0.29) is 17.9 Å². The van der Waals surface area contributed by atoms with Crippen LogP contribution in [-0.2, 0) is 9.53 Å². The molecular weight excluding hydrogens is 244 g/mol. The third-order valence-corrected chi connectivity index (χ3v) is 5.16. The molecule has 0 amide bonds. The average molecular weight is 264 g/mol. The zero-order valence-corrected chi connectivity index (χ0v) is 11.1. The fraction of sp³-hybridized carbons (Fsp3) is 0.667. The van der Waals surface area contributed by atoms with E-state index >= 15 is 0 Å². The Balaban J connectivity index is 2.02. The number of aliphatic hydroxyl groups is 2. The highest BCUT2D eigenvalue weighted by molar-refractivity contribution is 5.91. The molecule has 104 valence electrons. The molecule has 0 bridgehead atoms. The molecule has 1 saturated heterocycles. The summed E-state index contributed by atoms with van der Waals surface area (Å²) in [5.41, 5.74) is 0.374. The first kappa shape index (κ1) is 12.9. The zero-order chi connectivity index (χ0) is 13.9. The predicted molar refractivity (Wildman–Crippen MR) is 69.1 cm³/mol. The van der Waals surface area contributed by atoms with Gasteiger partial charge in [-0.1, -0.05) is 18.7 Å². The summed E-state index contributed by atoms with van der Waals surface area (Å²) in [7, 11) is 0. The van der Waals surface area contributed by atoms with Crippen LogP contribution in [0.3, 0.4) is 0 Å². The lowest BCUT2D eigenvalue weighted by Crippen LogP contribution is -2.44. The molecule has 3 fully saturated rings. The van der Waals surface area contributed by atoms with Crippen LogP contribution < -0.4 is 0 Å². The van der Waals surface area contributed by atoms with E-state index in [4.69, 9.17) is 4.74 Å². The topological polar surface area (TPSA) is 66.8 Å². The number of carbonyl (C=O) groups is 1. The molecule has 4 nitrogen and oxygen atoms in total. The summed E-state index contributed by atoms with van der Waals surface area (Å²) in [4.78, 5) is 11.6. The molecule has 0 unspecified atom stereocenters. The van der Waals surface area contributed by atoms with E-state index < -0.39 is 23.6 Å². The van der Waals surface area contributed by atoms with E-state index in [9.17, 15) is 15.0 Å². The van der Waals surface area contributed by atoms with Gasteiger partial charge in [-0.05, 0) is 25.7 Å². The van der Waals surface area contributed by atoms with Gasteiger partial charge in [-0.25, -0.2) is 4.79 Å². The molecule has 2 saturated carbocycles. The van der Waals surface area contributed by atoms with Crippen molar-refractivity contribution in [3.05, 3.63) is 24.3 Å². The summed E-state index contributed by atoms with van der Waals surface area (Å²) in [6.45, 7) is 9.60. The molecule has 1 heterocycles. The van der Waals surface area contributed by atoms with Gasteiger partial charge in [0.1, 0.15) is 6.10 Å². The van der Waals surface area contributed by atoms with Gasteiger partial charge in [-0.2, -0.15) is 0 Å². The van der Waals surface area contributed by atoms with Gasteiger partial charge < -0.3 is 14.9 Å². The lowest BCUT2D eigenvalue weighted by atomic mass is 9.76. The molecule has 0 aromatic rings. The van der Waals surface area contributed by atoms with Crippen LogP contribution in [-0.4, -0.2) is 34.0 Å². The molecule has 1 aliphatic heterocycles. The summed E-state index contributed by atoms with van der Waals surface area (Å²) in [5.74, 6) is -1.04. The van der Waals surface area contributed by atoms with Crippen molar-refractivity contribution in [2.45, 2.75) is 44.0 Å². The summed E-state index contributed by atoms with van der Waals surface area (Å²) in [6.07, 6.45) is 0.864. The summed E-state index contributed by atoms with van der Waals surface area (Å²) in [6, 6.07) is 0. The lowest BCUT2D eigenvalue weighted by molar-refractivity contribution is -0.139. The third kappa shape index (κ3) is 1.70. The Morgan fingerprint density at radius 2 is 2.11 bits per heavy atom. The standard InChI is InChI=1S/C15H20O4/c1-7-6-10-11(8(2)14(17)19-10)13(16)12-9(7)4-5-15(12,3)18/h9-13,16,18H,1-2,4-6H2,3H3/t9-,10+,11-,12+,13+,15-/m1/s1. The van der Waals surface area contributed by atoms with Crippen molar-refractivity contribution in [1.82, 2.24) is 0 Å². The lowest BCUT2D eigenvalue weighted by Gasteiger charge is -2.34. The summed E-state index contributed by atoms with van der Waals surface area (Å²) in [5, 5.41) is 21.2. The van der Waals surface area contributed by atoms with Gasteiger partial charge in [0.05, 0.1) is 17.6 Å². The highest BCUT2D eigenvalue weighted by Gasteiger charge is 2.57. The van der Waals surface area contributed by atoms with Gasteiger partial charge in [0.25, 0.3) is 0 Å². The van der Waals surface area contributed by atoms with Crippen LogP contribution in [0.5, 0.6) is 0 Å². The Bertz CT molecular complexity index is 465. The van der Waals surface area contributed by atoms with Gasteiger partial charge in [-0.3, -0.25) is 0 Å². The predicted octanol–water partition coefficient (Wildman–Crippen LogP) is 1.18. The molecule has 6 atom stereocenters. The fourth-order valence-corrected chi connectivity index (χ4v) is 4.17. The van der Waals surface area contributed by atoms with Gasteiger partial charge in [0.15, 0.2) is 0 Å². The summed E-state index contributed by atoms with van der Waals surface area (Å²) >= 11 is 0. The monoisotopic (exact) mass is 264 g/mol. The number of ether oxygens (including phenoxy) is 1. The molecule has 0 spiro atoms. The van der Waals surface area contributed by atoms with Crippen LogP contribution in [0, 0.1) is 17.8 Å². The van der Waals surface area contributed by atoms with E-state index in [1.807, 2.05) is 0 Å². The second-order valence-electron chi connectivity index (χ2n) is 6.38. The minimum absolute atomic E-state index is 0.0992. The minimum atomic E-state index is -0.923. The molecular formula is C15H20O4. The normalized spacial score (nSPS) is 49.6. The average Bonchev–Trinajstić information content (AvgIpc) is 2.73. The van der Waals surface area contributed by atoms with Gasteiger partial charge in [0.2, 0.25) is 0 Å². The minimum Gasteiger partial charge on any atom is -0.458 e. The van der Waals surface area contributed by atoms with Crippen LogP contribution >= 0.6 is 0 Å². The van der Waals surface area contributed by atoms with Crippen molar-refractivity contribution >= 4 is 5.97 Å². The van der Waals surface area contributed by atoms with E-state index in [0.717, 1.165) is 12.0 Å². The molecule has 3 rings (SSSR count). The van der Waals surface area contributed by atoms with Crippen molar-refractivity contribution in [2.75, 3.05) is 0 Å². The van der Waals surface area contributed by atoms with Crippen LogP contribution in [0.15, 0.2) is 24.3 Å². The van der Waals surface area contributed by atoms with E-state index in [0.29, 0.717) is 18.4 Å². The molecule has 0 aromatic carbocycles. The van der Waals surface area contributed by atoms with Crippen LogP contribution in [0.4, 0.5) is 0 Å². The number of fused-ring (bicyclic) bond motifs is 2. The molecule has 2 N–H and O–H groups in total. The first-order chi connectivity index (χ1) is 8.83. The maximum Gasteiger partial charge on any atom is 0.334 e. The van der Waals surface area contributed by atoms with Crippen molar-refractivity contribution in [1.29, 1.82) is 0 Å². The maximum atomic E-state index is 11.6. The number of rotatable bonds is 0. The first-order valence-electron chi connectivity index (χ1n) is 6.81. The third-order valence-electron chi connectivity index (χ3n) is 5.16. The molecule has 0 aromatic heterocycles. The smallest absolute Gasteiger partial charge is 0.334 e. The van der Waals surface area contributed by atoms with Crippen LogP contribution in [0.1, 0.15) is 26.2 Å². The number of carbonyl (C=O) groups excluding carboxylic acids is 1. The van der Waals surface area contributed by atoms with E-state index in [1.54, 1.807) is 6.92 Å². The molecule has 19 heavy (non-hydrogen) atoms. The van der Waals surface area contributed by atoms with Gasteiger partial charge in [0, 0.05) is 17.9 Å². The van der Waals surface area contributed by atoms with Crippen molar-refractivity contribution in [3.63, 3.8) is 0 Å². The fourth-order valence-electron chi connectivity index (χ4n) is 4.17. The van der Waals surface area contributed by atoms with Crippen LogP contribution in [0.25, 0.3) is 0 Å². The molecule has 0 radical (unpaired) electrons. The van der Waals surface area contributed by atoms with Gasteiger partial charge in [-0.15, -0.1) is 0 Å². The largest absolute Gasteiger partial charge is 0.458 e. The highest BCUT2D eigenvalue weighted by atomic mass is 16.6. The Morgan fingerprint density at radius 3 is 2.79 bits per heavy atom. The van der Waals surface area contributed by atoms with Gasteiger partial charge >= 0.3 is 5.97 Å². The Hall–Kier alpha value is -1.13.